The normalized spacial score (nSPS) is 9.65. The molecule has 0 unspecified atom stereocenters. The molecule has 2 aromatic rings. The Morgan fingerprint density at radius 3 is 2.40 bits per heavy atom. The number of nitro groups is 1. The number of rotatable bonds is 4. The van der Waals surface area contributed by atoms with E-state index in [1.54, 1.807) is 12.1 Å². The van der Waals surface area contributed by atoms with E-state index in [9.17, 15) is 10.1 Å². The van der Waals surface area contributed by atoms with Gasteiger partial charge in [-0.3, -0.25) is 10.1 Å². The molecule has 0 spiro atoms. The smallest absolute Gasteiger partial charge is 0.269 e. The van der Waals surface area contributed by atoms with Crippen molar-refractivity contribution in [2.24, 2.45) is 0 Å². The summed E-state index contributed by atoms with van der Waals surface area (Å²) in [5.74, 6) is 0. The van der Waals surface area contributed by atoms with Gasteiger partial charge in [-0.2, -0.15) is 0 Å². The Kier molecular flexibility index (Phi) is 5.34. The molecule has 2 aromatic carbocycles. The zero-order chi connectivity index (χ0) is 13.8. The molecule has 6 heteroatoms. The highest BCUT2D eigenvalue weighted by Crippen LogP contribution is 2.18. The summed E-state index contributed by atoms with van der Waals surface area (Å²) in [7, 11) is 0. The van der Waals surface area contributed by atoms with E-state index in [-0.39, 0.29) is 18.1 Å². The maximum absolute atomic E-state index is 10.5. The van der Waals surface area contributed by atoms with E-state index in [0.29, 0.717) is 6.54 Å². The lowest BCUT2D eigenvalue weighted by molar-refractivity contribution is -0.384. The van der Waals surface area contributed by atoms with E-state index in [1.165, 1.54) is 12.1 Å². The van der Waals surface area contributed by atoms with Crippen LogP contribution in [0.4, 0.5) is 17.1 Å². The van der Waals surface area contributed by atoms with Gasteiger partial charge in [0.05, 0.1) is 4.92 Å². The molecule has 20 heavy (non-hydrogen) atoms. The zero-order valence-corrected chi connectivity index (χ0v) is 11.8. The predicted octanol–water partition coefficient (Wildman–Crippen LogP) is 3.52. The van der Waals surface area contributed by atoms with E-state index in [0.717, 1.165) is 22.5 Å². The van der Waals surface area contributed by atoms with Crippen LogP contribution in [0.15, 0.2) is 42.5 Å². The molecule has 0 fully saturated rings. The summed E-state index contributed by atoms with van der Waals surface area (Å²) in [6.45, 7) is 2.56. The standard InChI is InChI=1S/C14H15N3O2.ClH/c1-10-8-12(4-7-14(10)15)16-9-11-2-5-13(6-3-11)17(18)19;/h2-8,16H,9,15H2,1H3;1H. The quantitative estimate of drug-likeness (QED) is 0.513. The minimum atomic E-state index is -0.402. The first-order chi connectivity index (χ1) is 9.06. The van der Waals surface area contributed by atoms with Crippen molar-refractivity contribution >= 4 is 29.5 Å². The van der Waals surface area contributed by atoms with Crippen LogP contribution >= 0.6 is 12.4 Å². The molecule has 0 atom stereocenters. The Bertz CT molecular complexity index is 600. The molecule has 0 amide bonds. The largest absolute Gasteiger partial charge is 0.399 e. The number of aryl methyl sites for hydroxylation is 1. The highest BCUT2D eigenvalue weighted by atomic mass is 35.5. The molecule has 5 nitrogen and oxygen atoms in total. The number of nitro benzene ring substituents is 1. The number of benzene rings is 2. The first-order valence-corrected chi connectivity index (χ1v) is 5.89. The third-order valence-electron chi connectivity index (χ3n) is 2.91. The third kappa shape index (κ3) is 3.86. The molecule has 0 saturated carbocycles. The fraction of sp³-hybridized carbons (Fsp3) is 0.143. The molecule has 0 aliphatic rings. The van der Waals surface area contributed by atoms with Crippen LogP contribution in [0, 0.1) is 17.0 Å². The highest BCUT2D eigenvalue weighted by molar-refractivity contribution is 5.85. The average Bonchev–Trinajstić information content (AvgIpc) is 2.40. The van der Waals surface area contributed by atoms with Crippen LogP contribution in [0.5, 0.6) is 0 Å². The number of nitrogen functional groups attached to an aromatic ring is 1. The molecular formula is C14H16ClN3O2. The first kappa shape index (κ1) is 15.8. The molecule has 0 bridgehead atoms. The number of nitrogens with two attached hydrogens (primary N) is 1. The maximum Gasteiger partial charge on any atom is 0.269 e. The van der Waals surface area contributed by atoms with Gasteiger partial charge in [-0.05, 0) is 36.2 Å². The highest BCUT2D eigenvalue weighted by Gasteiger charge is 2.03. The van der Waals surface area contributed by atoms with Gasteiger partial charge in [-0.15, -0.1) is 12.4 Å². The van der Waals surface area contributed by atoms with E-state index >= 15 is 0 Å². The summed E-state index contributed by atoms with van der Waals surface area (Å²) < 4.78 is 0. The summed E-state index contributed by atoms with van der Waals surface area (Å²) in [5.41, 5.74) is 9.60. The fourth-order valence-corrected chi connectivity index (χ4v) is 1.73. The van der Waals surface area contributed by atoms with Gasteiger partial charge >= 0.3 is 0 Å². The van der Waals surface area contributed by atoms with Crippen molar-refractivity contribution in [3.8, 4) is 0 Å². The van der Waals surface area contributed by atoms with E-state index < -0.39 is 4.92 Å². The maximum atomic E-state index is 10.5. The van der Waals surface area contributed by atoms with Crippen molar-refractivity contribution in [1.29, 1.82) is 0 Å². The SMILES string of the molecule is Cc1cc(NCc2ccc([N+](=O)[O-])cc2)ccc1N.Cl. The van der Waals surface area contributed by atoms with Crippen LogP contribution in [0.2, 0.25) is 0 Å². The predicted molar refractivity (Wildman–Crippen MR) is 83.3 cm³/mol. The molecule has 106 valence electrons. The van der Waals surface area contributed by atoms with Crippen LogP contribution in [0.1, 0.15) is 11.1 Å². The Balaban J connectivity index is 0.00000200. The molecule has 0 heterocycles. The molecule has 2 rings (SSSR count). The van der Waals surface area contributed by atoms with Gasteiger partial charge in [0.2, 0.25) is 0 Å². The van der Waals surface area contributed by atoms with Crippen molar-refractivity contribution < 1.29 is 4.92 Å². The molecular weight excluding hydrogens is 278 g/mol. The summed E-state index contributed by atoms with van der Waals surface area (Å²) in [6, 6.07) is 12.2. The fourth-order valence-electron chi connectivity index (χ4n) is 1.73. The number of nitrogens with zero attached hydrogens (tertiary/aromatic N) is 1. The number of anilines is 2. The van der Waals surface area contributed by atoms with Gasteiger partial charge in [0.25, 0.3) is 5.69 Å². The van der Waals surface area contributed by atoms with Gasteiger partial charge in [0.15, 0.2) is 0 Å². The number of hydrogen-bond donors (Lipinski definition) is 2. The zero-order valence-electron chi connectivity index (χ0n) is 11.0. The molecule has 0 aliphatic heterocycles. The second kappa shape index (κ2) is 6.77. The van der Waals surface area contributed by atoms with Crippen LogP contribution < -0.4 is 11.1 Å². The van der Waals surface area contributed by atoms with Crippen molar-refractivity contribution in [1.82, 2.24) is 0 Å². The van der Waals surface area contributed by atoms with Crippen molar-refractivity contribution in [3.63, 3.8) is 0 Å². The summed E-state index contributed by atoms with van der Waals surface area (Å²) in [5, 5.41) is 13.8. The number of non-ortho nitro benzene ring substituents is 1. The van der Waals surface area contributed by atoms with Crippen LogP contribution in [0.25, 0.3) is 0 Å². The Morgan fingerprint density at radius 2 is 1.85 bits per heavy atom. The van der Waals surface area contributed by atoms with Crippen LogP contribution in [-0.2, 0) is 6.54 Å². The van der Waals surface area contributed by atoms with Crippen molar-refractivity contribution in [2.75, 3.05) is 11.1 Å². The van der Waals surface area contributed by atoms with Crippen molar-refractivity contribution in [3.05, 3.63) is 63.7 Å². The van der Waals surface area contributed by atoms with E-state index in [2.05, 4.69) is 5.32 Å². The van der Waals surface area contributed by atoms with Crippen molar-refractivity contribution in [2.45, 2.75) is 13.5 Å². The molecule has 0 radical (unpaired) electrons. The van der Waals surface area contributed by atoms with E-state index in [1.807, 2.05) is 25.1 Å². The van der Waals surface area contributed by atoms with Crippen LogP contribution in [0.3, 0.4) is 0 Å². The van der Waals surface area contributed by atoms with Gasteiger partial charge < -0.3 is 11.1 Å². The molecule has 3 N–H and O–H groups in total. The number of nitrogens with one attached hydrogen (secondary N) is 1. The van der Waals surface area contributed by atoms with E-state index in [4.69, 9.17) is 5.73 Å². The topological polar surface area (TPSA) is 81.2 Å². The van der Waals surface area contributed by atoms with Crippen LogP contribution in [-0.4, -0.2) is 4.92 Å². The Morgan fingerprint density at radius 1 is 1.20 bits per heavy atom. The average molecular weight is 294 g/mol. The van der Waals surface area contributed by atoms with Gasteiger partial charge in [0, 0.05) is 30.1 Å². The van der Waals surface area contributed by atoms with Gasteiger partial charge in [0.1, 0.15) is 0 Å². The summed E-state index contributed by atoms with van der Waals surface area (Å²) in [4.78, 5) is 10.1. The Hall–Kier alpha value is -2.27. The number of hydrogen-bond acceptors (Lipinski definition) is 4. The lowest BCUT2D eigenvalue weighted by Gasteiger charge is -2.08. The Labute approximate surface area is 123 Å². The third-order valence-corrected chi connectivity index (χ3v) is 2.91. The molecule has 0 aromatic heterocycles. The second-order valence-electron chi connectivity index (χ2n) is 4.35. The lowest BCUT2D eigenvalue weighted by atomic mass is 10.1. The monoisotopic (exact) mass is 293 g/mol. The second-order valence-corrected chi connectivity index (χ2v) is 4.35. The lowest BCUT2D eigenvalue weighted by Crippen LogP contribution is -2.00. The number of halogens is 1. The summed E-state index contributed by atoms with van der Waals surface area (Å²) in [6.07, 6.45) is 0. The van der Waals surface area contributed by atoms with Gasteiger partial charge in [-0.25, -0.2) is 0 Å². The molecule has 0 saturated heterocycles. The minimum absolute atomic E-state index is 0. The minimum Gasteiger partial charge on any atom is -0.399 e. The molecule has 0 aliphatic carbocycles. The van der Waals surface area contributed by atoms with Gasteiger partial charge in [-0.1, -0.05) is 12.1 Å². The summed E-state index contributed by atoms with van der Waals surface area (Å²) >= 11 is 0. The first-order valence-electron chi connectivity index (χ1n) is 5.89.